The number of rotatable bonds is 5. The van der Waals surface area contributed by atoms with Crippen LogP contribution in [0.3, 0.4) is 0 Å². The quantitative estimate of drug-likeness (QED) is 0.736. The number of nitrogens with zero attached hydrogens (tertiary/aromatic N) is 1. The second kappa shape index (κ2) is 6.30. The Bertz CT molecular complexity index is 145. The zero-order valence-corrected chi connectivity index (χ0v) is 8.81. The van der Waals surface area contributed by atoms with Gasteiger partial charge in [-0.25, -0.2) is 8.78 Å². The van der Waals surface area contributed by atoms with Crippen molar-refractivity contribution in [2.75, 3.05) is 26.2 Å². The first-order chi connectivity index (χ1) is 6.72. The Morgan fingerprint density at radius 1 is 1.36 bits per heavy atom. The fraction of sp³-hybridized carbons (Fsp3) is 1.00. The van der Waals surface area contributed by atoms with Gasteiger partial charge >= 0.3 is 0 Å². The molecule has 1 fully saturated rings. The molecule has 1 aliphatic rings. The van der Waals surface area contributed by atoms with Crippen molar-refractivity contribution >= 4 is 0 Å². The van der Waals surface area contributed by atoms with E-state index >= 15 is 0 Å². The zero-order chi connectivity index (χ0) is 10.4. The van der Waals surface area contributed by atoms with Crippen molar-refractivity contribution in [1.29, 1.82) is 0 Å². The predicted molar refractivity (Wildman–Crippen MR) is 53.8 cm³/mol. The molecule has 0 amide bonds. The van der Waals surface area contributed by atoms with Gasteiger partial charge in [-0.15, -0.1) is 0 Å². The summed E-state index contributed by atoms with van der Waals surface area (Å²) in [5.41, 5.74) is 0. The van der Waals surface area contributed by atoms with Gasteiger partial charge in [0.05, 0.1) is 6.54 Å². The topological polar surface area (TPSA) is 15.3 Å². The van der Waals surface area contributed by atoms with Crippen LogP contribution in [0, 0.1) is 0 Å². The van der Waals surface area contributed by atoms with E-state index in [2.05, 4.69) is 17.1 Å². The van der Waals surface area contributed by atoms with Crippen LogP contribution < -0.4 is 5.32 Å². The van der Waals surface area contributed by atoms with Gasteiger partial charge in [0.1, 0.15) is 0 Å². The third-order valence-corrected chi connectivity index (χ3v) is 2.69. The highest BCUT2D eigenvalue weighted by Gasteiger charge is 2.18. The van der Waals surface area contributed by atoms with Gasteiger partial charge in [-0.05, 0) is 38.9 Å². The minimum atomic E-state index is -2.22. The van der Waals surface area contributed by atoms with Gasteiger partial charge in [0.2, 0.25) is 0 Å². The van der Waals surface area contributed by atoms with Gasteiger partial charge in [0.15, 0.2) is 0 Å². The lowest BCUT2D eigenvalue weighted by Gasteiger charge is -2.32. The second-order valence-electron chi connectivity index (χ2n) is 3.92. The molecule has 1 rings (SSSR count). The first-order valence-electron chi connectivity index (χ1n) is 5.46. The van der Waals surface area contributed by atoms with Crippen molar-refractivity contribution < 1.29 is 8.78 Å². The van der Waals surface area contributed by atoms with E-state index in [1.807, 2.05) is 0 Å². The van der Waals surface area contributed by atoms with E-state index < -0.39 is 6.43 Å². The molecule has 0 aromatic carbocycles. The van der Waals surface area contributed by atoms with Crippen LogP contribution in [0.25, 0.3) is 0 Å². The summed E-state index contributed by atoms with van der Waals surface area (Å²) < 4.78 is 23.8. The Labute approximate surface area is 84.7 Å². The van der Waals surface area contributed by atoms with E-state index in [-0.39, 0.29) is 6.54 Å². The second-order valence-corrected chi connectivity index (χ2v) is 3.92. The largest absolute Gasteiger partial charge is 0.309 e. The minimum Gasteiger partial charge on any atom is -0.309 e. The Morgan fingerprint density at radius 2 is 2.00 bits per heavy atom. The highest BCUT2D eigenvalue weighted by molar-refractivity contribution is 4.76. The van der Waals surface area contributed by atoms with Gasteiger partial charge in [-0.3, -0.25) is 0 Å². The fourth-order valence-electron chi connectivity index (χ4n) is 1.93. The average molecular weight is 206 g/mol. The van der Waals surface area contributed by atoms with Crippen molar-refractivity contribution in [3.05, 3.63) is 0 Å². The molecule has 84 valence electrons. The van der Waals surface area contributed by atoms with E-state index in [4.69, 9.17) is 0 Å². The Kier molecular flexibility index (Phi) is 5.33. The number of hydrogen-bond acceptors (Lipinski definition) is 2. The first-order valence-corrected chi connectivity index (χ1v) is 5.46. The van der Waals surface area contributed by atoms with Crippen LogP contribution in [-0.2, 0) is 0 Å². The summed E-state index contributed by atoms with van der Waals surface area (Å²) in [6, 6.07) is 0.303. The number of hydrogen-bond donors (Lipinski definition) is 1. The van der Waals surface area contributed by atoms with E-state index in [0.29, 0.717) is 6.04 Å². The molecule has 0 aromatic heterocycles. The highest BCUT2D eigenvalue weighted by atomic mass is 19.3. The van der Waals surface area contributed by atoms with E-state index in [1.165, 1.54) is 6.42 Å². The van der Waals surface area contributed by atoms with Gasteiger partial charge in [0, 0.05) is 6.04 Å². The summed E-state index contributed by atoms with van der Waals surface area (Å²) >= 11 is 0. The van der Waals surface area contributed by atoms with Crippen molar-refractivity contribution in [1.82, 2.24) is 10.2 Å². The lowest BCUT2D eigenvalue weighted by atomic mass is 10.1. The highest BCUT2D eigenvalue weighted by Crippen LogP contribution is 2.10. The van der Waals surface area contributed by atoms with Crippen LogP contribution in [0.1, 0.15) is 26.2 Å². The fourth-order valence-corrected chi connectivity index (χ4v) is 1.93. The summed E-state index contributed by atoms with van der Waals surface area (Å²) in [5, 5.41) is 2.91. The summed E-state index contributed by atoms with van der Waals surface area (Å²) in [5.74, 6) is 0. The van der Waals surface area contributed by atoms with Gasteiger partial charge < -0.3 is 10.2 Å². The van der Waals surface area contributed by atoms with Crippen LogP contribution in [0.2, 0.25) is 0 Å². The van der Waals surface area contributed by atoms with E-state index in [0.717, 1.165) is 32.5 Å². The normalized spacial score (nSPS) is 20.6. The molecule has 2 nitrogen and oxygen atoms in total. The summed E-state index contributed by atoms with van der Waals surface area (Å²) in [4.78, 5) is 2.40. The molecule has 0 spiro atoms. The average Bonchev–Trinajstić information content (AvgIpc) is 2.17. The molecule has 1 heterocycles. The number of piperidine rings is 1. The molecule has 1 saturated heterocycles. The minimum absolute atomic E-state index is 0.154. The standard InChI is InChI=1S/C10H20F2N2/c1-2-5-14-6-3-9(4-7-14)13-8-10(11)12/h9-10,13H,2-8H2,1H3. The summed E-state index contributed by atoms with van der Waals surface area (Å²) in [6.45, 7) is 5.25. The summed E-state index contributed by atoms with van der Waals surface area (Å²) in [6.07, 6.45) is 0.970. The van der Waals surface area contributed by atoms with Gasteiger partial charge in [-0.2, -0.15) is 0 Å². The molecule has 0 atom stereocenters. The molecule has 0 aromatic rings. The molecule has 4 heteroatoms. The monoisotopic (exact) mass is 206 g/mol. The van der Waals surface area contributed by atoms with Crippen LogP contribution >= 0.6 is 0 Å². The number of nitrogens with one attached hydrogen (secondary N) is 1. The molecular formula is C10H20F2N2. The van der Waals surface area contributed by atoms with E-state index in [9.17, 15) is 8.78 Å². The van der Waals surface area contributed by atoms with Crippen LogP contribution in [0.15, 0.2) is 0 Å². The smallest absolute Gasteiger partial charge is 0.250 e. The third-order valence-electron chi connectivity index (χ3n) is 2.69. The molecule has 0 aliphatic carbocycles. The number of halogens is 2. The predicted octanol–water partition coefficient (Wildman–Crippen LogP) is 1.72. The maximum Gasteiger partial charge on any atom is 0.250 e. The molecule has 1 N–H and O–H groups in total. The maximum atomic E-state index is 11.9. The Hall–Kier alpha value is -0.220. The Balaban J connectivity index is 2.09. The molecule has 0 bridgehead atoms. The van der Waals surface area contributed by atoms with Gasteiger partial charge in [-0.1, -0.05) is 6.92 Å². The van der Waals surface area contributed by atoms with Crippen LogP contribution in [0.4, 0.5) is 8.78 Å². The first kappa shape index (κ1) is 11.9. The molecule has 0 radical (unpaired) electrons. The van der Waals surface area contributed by atoms with Crippen LogP contribution in [-0.4, -0.2) is 43.5 Å². The number of alkyl halides is 2. The Morgan fingerprint density at radius 3 is 2.50 bits per heavy atom. The number of likely N-dealkylation sites (tertiary alicyclic amines) is 1. The zero-order valence-electron chi connectivity index (χ0n) is 8.81. The van der Waals surface area contributed by atoms with Gasteiger partial charge in [0.25, 0.3) is 6.43 Å². The van der Waals surface area contributed by atoms with Crippen molar-refractivity contribution in [2.45, 2.75) is 38.7 Å². The van der Waals surface area contributed by atoms with Crippen molar-refractivity contribution in [3.8, 4) is 0 Å². The van der Waals surface area contributed by atoms with Crippen molar-refractivity contribution in [2.24, 2.45) is 0 Å². The SMILES string of the molecule is CCCN1CCC(NCC(F)F)CC1. The molecule has 0 saturated carbocycles. The molecular weight excluding hydrogens is 186 g/mol. The summed E-state index contributed by atoms with van der Waals surface area (Å²) in [7, 11) is 0. The molecule has 0 unspecified atom stereocenters. The molecule has 14 heavy (non-hydrogen) atoms. The third kappa shape index (κ3) is 4.33. The molecule has 1 aliphatic heterocycles. The van der Waals surface area contributed by atoms with E-state index in [1.54, 1.807) is 0 Å². The maximum absolute atomic E-state index is 11.9. The lowest BCUT2D eigenvalue weighted by molar-refractivity contribution is 0.129. The van der Waals surface area contributed by atoms with Crippen LogP contribution in [0.5, 0.6) is 0 Å². The van der Waals surface area contributed by atoms with Crippen molar-refractivity contribution in [3.63, 3.8) is 0 Å². The lowest BCUT2D eigenvalue weighted by Crippen LogP contribution is -2.43.